The van der Waals surface area contributed by atoms with E-state index in [0.717, 1.165) is 27.6 Å². The van der Waals surface area contributed by atoms with Crippen molar-refractivity contribution in [1.82, 2.24) is 4.98 Å². The Morgan fingerprint density at radius 3 is 2.78 bits per heavy atom. The Hall–Kier alpha value is -1.14. The standard InChI is InChI=1S/C16H20ClN3OS.ClH/c1-10(18)7-8-15(21)20-16-19-11(2)14(22-16)9-12-5-3-4-6-13(12)17;/h3-6,10H,7-9,18H2,1-2H3,(H,19,20,21);1H. The summed E-state index contributed by atoms with van der Waals surface area (Å²) in [7, 11) is 0. The number of rotatable bonds is 6. The summed E-state index contributed by atoms with van der Waals surface area (Å²) in [6, 6.07) is 7.79. The molecule has 0 aliphatic carbocycles. The topological polar surface area (TPSA) is 68.0 Å². The summed E-state index contributed by atoms with van der Waals surface area (Å²) < 4.78 is 0. The number of aromatic nitrogens is 1. The molecule has 0 fully saturated rings. The third-order valence-corrected chi connectivity index (χ3v) is 4.72. The highest BCUT2D eigenvalue weighted by atomic mass is 35.5. The van der Waals surface area contributed by atoms with Crippen molar-refractivity contribution in [3.05, 3.63) is 45.4 Å². The van der Waals surface area contributed by atoms with E-state index in [1.165, 1.54) is 11.3 Å². The molecule has 1 aromatic heterocycles. The molecule has 0 aliphatic heterocycles. The van der Waals surface area contributed by atoms with Gasteiger partial charge in [-0.1, -0.05) is 29.8 Å². The van der Waals surface area contributed by atoms with Crippen LogP contribution < -0.4 is 11.1 Å². The lowest BCUT2D eigenvalue weighted by Crippen LogP contribution is -2.19. The highest BCUT2D eigenvalue weighted by Gasteiger charge is 2.12. The zero-order valence-corrected chi connectivity index (χ0v) is 15.5. The Morgan fingerprint density at radius 1 is 1.43 bits per heavy atom. The van der Waals surface area contributed by atoms with Crippen molar-refractivity contribution < 1.29 is 4.79 Å². The minimum atomic E-state index is -0.0460. The zero-order valence-electron chi connectivity index (χ0n) is 13.1. The summed E-state index contributed by atoms with van der Waals surface area (Å²) in [4.78, 5) is 17.4. The lowest BCUT2D eigenvalue weighted by molar-refractivity contribution is -0.116. The van der Waals surface area contributed by atoms with Crippen LogP contribution in [0.15, 0.2) is 24.3 Å². The van der Waals surface area contributed by atoms with E-state index in [1.54, 1.807) is 0 Å². The first-order valence-corrected chi connectivity index (χ1v) is 8.40. The van der Waals surface area contributed by atoms with Crippen LogP contribution >= 0.6 is 35.3 Å². The van der Waals surface area contributed by atoms with E-state index in [0.29, 0.717) is 18.0 Å². The molecule has 0 aliphatic rings. The molecule has 0 radical (unpaired) electrons. The molecule has 1 unspecified atom stereocenters. The number of amides is 1. The van der Waals surface area contributed by atoms with Crippen LogP contribution in [-0.4, -0.2) is 16.9 Å². The van der Waals surface area contributed by atoms with Crippen molar-refractivity contribution in [1.29, 1.82) is 0 Å². The van der Waals surface area contributed by atoms with Gasteiger partial charge in [-0.3, -0.25) is 4.79 Å². The van der Waals surface area contributed by atoms with Crippen LogP contribution in [0.3, 0.4) is 0 Å². The predicted molar refractivity (Wildman–Crippen MR) is 99.9 cm³/mol. The number of hydrogen-bond acceptors (Lipinski definition) is 4. The molecular weight excluding hydrogens is 353 g/mol. The fourth-order valence-electron chi connectivity index (χ4n) is 2.00. The number of halogens is 2. The number of hydrogen-bond donors (Lipinski definition) is 2. The summed E-state index contributed by atoms with van der Waals surface area (Å²) >= 11 is 7.68. The Kier molecular flexibility index (Phi) is 7.99. The van der Waals surface area contributed by atoms with E-state index in [4.69, 9.17) is 17.3 Å². The highest BCUT2D eigenvalue weighted by Crippen LogP contribution is 2.27. The van der Waals surface area contributed by atoms with Gasteiger partial charge in [0.2, 0.25) is 5.91 Å². The maximum atomic E-state index is 11.8. The van der Waals surface area contributed by atoms with Crippen molar-refractivity contribution in [2.45, 2.75) is 39.2 Å². The number of nitrogens with zero attached hydrogens (tertiary/aromatic N) is 1. The van der Waals surface area contributed by atoms with Crippen LogP contribution in [0.4, 0.5) is 5.13 Å². The second-order valence-electron chi connectivity index (χ2n) is 5.36. The molecule has 1 amide bonds. The molecule has 1 aromatic carbocycles. The largest absolute Gasteiger partial charge is 0.328 e. The molecule has 23 heavy (non-hydrogen) atoms. The molecule has 0 spiro atoms. The van der Waals surface area contributed by atoms with Gasteiger partial charge >= 0.3 is 0 Å². The number of aryl methyl sites for hydroxylation is 1. The van der Waals surface area contributed by atoms with Crippen LogP contribution in [0.1, 0.15) is 35.9 Å². The van der Waals surface area contributed by atoms with Gasteiger partial charge in [0.1, 0.15) is 0 Å². The minimum absolute atomic E-state index is 0. The van der Waals surface area contributed by atoms with E-state index in [9.17, 15) is 4.79 Å². The third kappa shape index (κ3) is 6.11. The van der Waals surface area contributed by atoms with Crippen LogP contribution in [-0.2, 0) is 11.2 Å². The van der Waals surface area contributed by atoms with Gasteiger partial charge in [0.05, 0.1) is 5.69 Å². The molecule has 3 N–H and O–H groups in total. The SMILES string of the molecule is Cc1nc(NC(=O)CCC(C)N)sc1Cc1ccccc1Cl.Cl. The molecule has 126 valence electrons. The molecule has 2 aromatic rings. The maximum absolute atomic E-state index is 11.8. The Bertz CT molecular complexity index is 659. The van der Waals surface area contributed by atoms with Gasteiger partial charge in [-0.15, -0.1) is 23.7 Å². The van der Waals surface area contributed by atoms with E-state index in [-0.39, 0.29) is 24.4 Å². The molecule has 2 rings (SSSR count). The zero-order chi connectivity index (χ0) is 16.1. The fraction of sp³-hybridized carbons (Fsp3) is 0.375. The smallest absolute Gasteiger partial charge is 0.226 e. The minimum Gasteiger partial charge on any atom is -0.328 e. The number of carbonyl (C=O) groups is 1. The summed E-state index contributed by atoms with van der Waals surface area (Å²) in [6.45, 7) is 3.84. The van der Waals surface area contributed by atoms with Crippen LogP contribution in [0.25, 0.3) is 0 Å². The van der Waals surface area contributed by atoms with Crippen LogP contribution in [0.2, 0.25) is 5.02 Å². The van der Waals surface area contributed by atoms with Gasteiger partial charge in [-0.05, 0) is 31.9 Å². The number of nitrogens with one attached hydrogen (secondary N) is 1. The molecule has 0 bridgehead atoms. The van der Waals surface area contributed by atoms with Crippen LogP contribution in [0.5, 0.6) is 0 Å². The average molecular weight is 374 g/mol. The summed E-state index contributed by atoms with van der Waals surface area (Å²) in [5, 5.41) is 4.22. The van der Waals surface area contributed by atoms with Crippen LogP contribution in [0, 0.1) is 6.92 Å². The lowest BCUT2D eigenvalue weighted by Gasteiger charge is -2.04. The Balaban J connectivity index is 0.00000264. The van der Waals surface area contributed by atoms with Gasteiger partial charge in [0.15, 0.2) is 5.13 Å². The summed E-state index contributed by atoms with van der Waals surface area (Å²) in [5.74, 6) is -0.0460. The van der Waals surface area contributed by atoms with Gasteiger partial charge < -0.3 is 11.1 Å². The highest BCUT2D eigenvalue weighted by molar-refractivity contribution is 7.15. The monoisotopic (exact) mass is 373 g/mol. The van der Waals surface area contributed by atoms with Gasteiger partial charge in [-0.25, -0.2) is 4.98 Å². The van der Waals surface area contributed by atoms with Crippen molar-refractivity contribution in [3.63, 3.8) is 0 Å². The van der Waals surface area contributed by atoms with Gasteiger partial charge in [-0.2, -0.15) is 0 Å². The third-order valence-electron chi connectivity index (χ3n) is 3.27. The fourth-order valence-corrected chi connectivity index (χ4v) is 3.21. The quantitative estimate of drug-likeness (QED) is 0.797. The molecule has 0 saturated carbocycles. The number of anilines is 1. The first-order chi connectivity index (χ1) is 10.5. The first-order valence-electron chi connectivity index (χ1n) is 7.21. The lowest BCUT2D eigenvalue weighted by atomic mass is 10.1. The molecule has 7 heteroatoms. The Labute approximate surface area is 151 Å². The van der Waals surface area contributed by atoms with Gasteiger partial charge in [0.25, 0.3) is 0 Å². The number of carbonyl (C=O) groups excluding carboxylic acids is 1. The number of thiazole rings is 1. The molecule has 0 saturated heterocycles. The molecule has 1 heterocycles. The van der Waals surface area contributed by atoms with Crippen molar-refractivity contribution in [2.24, 2.45) is 5.73 Å². The molecular formula is C16H21Cl2N3OS. The van der Waals surface area contributed by atoms with Crippen molar-refractivity contribution >= 4 is 46.4 Å². The van der Waals surface area contributed by atoms with E-state index >= 15 is 0 Å². The van der Waals surface area contributed by atoms with Crippen molar-refractivity contribution in [2.75, 3.05) is 5.32 Å². The Morgan fingerprint density at radius 2 is 2.13 bits per heavy atom. The van der Waals surface area contributed by atoms with E-state index in [1.807, 2.05) is 38.1 Å². The normalized spacial score (nSPS) is 11.7. The van der Waals surface area contributed by atoms with Gasteiger partial charge in [0, 0.05) is 28.8 Å². The van der Waals surface area contributed by atoms with Crippen molar-refractivity contribution in [3.8, 4) is 0 Å². The predicted octanol–water partition coefficient (Wildman–Crippen LogP) is 4.18. The second-order valence-corrected chi connectivity index (χ2v) is 6.85. The molecule has 1 atom stereocenters. The number of benzene rings is 1. The maximum Gasteiger partial charge on any atom is 0.226 e. The summed E-state index contributed by atoms with van der Waals surface area (Å²) in [6.07, 6.45) is 1.80. The second kappa shape index (κ2) is 9.23. The molecule has 4 nitrogen and oxygen atoms in total. The average Bonchev–Trinajstić information content (AvgIpc) is 2.79. The first kappa shape index (κ1) is 19.9. The van der Waals surface area contributed by atoms with E-state index in [2.05, 4.69) is 10.3 Å². The summed E-state index contributed by atoms with van der Waals surface area (Å²) in [5.41, 5.74) is 7.64. The van der Waals surface area contributed by atoms with E-state index < -0.39 is 0 Å². The number of nitrogens with two attached hydrogens (primary N) is 1.